The van der Waals surface area contributed by atoms with Crippen LogP contribution in [0.3, 0.4) is 0 Å². The minimum Gasteiger partial charge on any atom is -0.383 e. The first-order valence-electron chi connectivity index (χ1n) is 11.3. The lowest BCUT2D eigenvalue weighted by molar-refractivity contribution is -0.134. The van der Waals surface area contributed by atoms with Crippen molar-refractivity contribution in [3.63, 3.8) is 0 Å². The van der Waals surface area contributed by atoms with Gasteiger partial charge < -0.3 is 27.2 Å². The van der Waals surface area contributed by atoms with Gasteiger partial charge >= 0.3 is 0 Å². The standard InChI is InChI=1S/C26H28N4O5S/c27-24(33)20(13-16-8-10-18(11-9-16)17-5-2-1-3-6-17)30-26(35)21(14-19-7-4-12-36-19)29-23(32)15-22(31)25(28)34/h1-12,20-22,31H,13-15H2,(H2,27,33)(H2,28,34)(H,29,32)(H,30,35)/t20-,21+,22+/m0/s1. The van der Waals surface area contributed by atoms with Crippen LogP contribution in [-0.4, -0.2) is 46.9 Å². The smallest absolute Gasteiger partial charge is 0.246 e. The van der Waals surface area contributed by atoms with Crippen LogP contribution in [0.15, 0.2) is 72.1 Å². The second-order valence-corrected chi connectivity index (χ2v) is 9.29. The first-order chi connectivity index (χ1) is 17.2. The molecule has 36 heavy (non-hydrogen) atoms. The van der Waals surface area contributed by atoms with E-state index in [1.54, 1.807) is 12.1 Å². The first-order valence-corrected chi connectivity index (χ1v) is 12.1. The summed E-state index contributed by atoms with van der Waals surface area (Å²) in [5.41, 5.74) is 13.4. The number of carbonyl (C=O) groups is 4. The molecule has 0 aliphatic carbocycles. The van der Waals surface area contributed by atoms with E-state index in [-0.39, 0.29) is 12.8 Å². The number of aliphatic hydroxyl groups is 1. The molecule has 0 spiro atoms. The average molecular weight is 509 g/mol. The fraction of sp³-hybridized carbons (Fsp3) is 0.231. The fourth-order valence-corrected chi connectivity index (χ4v) is 4.32. The zero-order chi connectivity index (χ0) is 26.1. The Bertz CT molecular complexity index is 1180. The molecule has 0 unspecified atom stereocenters. The average Bonchev–Trinajstić information content (AvgIpc) is 3.37. The van der Waals surface area contributed by atoms with Crippen LogP contribution in [0, 0.1) is 0 Å². The van der Waals surface area contributed by atoms with E-state index in [0.717, 1.165) is 21.6 Å². The largest absolute Gasteiger partial charge is 0.383 e. The highest BCUT2D eigenvalue weighted by Gasteiger charge is 2.27. The van der Waals surface area contributed by atoms with Gasteiger partial charge in [0.15, 0.2) is 0 Å². The molecule has 0 fully saturated rings. The summed E-state index contributed by atoms with van der Waals surface area (Å²) in [4.78, 5) is 49.4. The number of primary amides is 2. The van der Waals surface area contributed by atoms with Crippen molar-refractivity contribution < 1.29 is 24.3 Å². The third-order valence-electron chi connectivity index (χ3n) is 5.51. The van der Waals surface area contributed by atoms with Crippen LogP contribution in [0.5, 0.6) is 0 Å². The predicted octanol–water partition coefficient (Wildman–Crippen LogP) is 0.892. The molecule has 9 nitrogen and oxygen atoms in total. The van der Waals surface area contributed by atoms with Crippen molar-refractivity contribution in [1.29, 1.82) is 0 Å². The monoisotopic (exact) mass is 508 g/mol. The number of rotatable bonds is 12. The molecule has 0 aliphatic rings. The molecule has 7 N–H and O–H groups in total. The van der Waals surface area contributed by atoms with Crippen LogP contribution in [0.4, 0.5) is 0 Å². The van der Waals surface area contributed by atoms with E-state index in [4.69, 9.17) is 11.5 Å². The molecule has 0 aliphatic heterocycles. The maximum Gasteiger partial charge on any atom is 0.246 e. The Balaban J connectivity index is 1.69. The lowest BCUT2D eigenvalue weighted by Gasteiger charge is -2.22. The van der Waals surface area contributed by atoms with Gasteiger partial charge in [-0.15, -0.1) is 11.3 Å². The Morgan fingerprint density at radius 1 is 0.778 bits per heavy atom. The Morgan fingerprint density at radius 2 is 1.44 bits per heavy atom. The quantitative estimate of drug-likeness (QED) is 0.245. The van der Waals surface area contributed by atoms with E-state index in [9.17, 15) is 24.3 Å². The summed E-state index contributed by atoms with van der Waals surface area (Å²) >= 11 is 1.40. The number of carbonyl (C=O) groups excluding carboxylic acids is 4. The van der Waals surface area contributed by atoms with Crippen molar-refractivity contribution in [2.45, 2.75) is 37.5 Å². The van der Waals surface area contributed by atoms with Crippen molar-refractivity contribution in [2.75, 3.05) is 0 Å². The SMILES string of the molecule is NC(=O)[C@H](O)CC(=O)N[C@H](Cc1cccs1)C(=O)N[C@@H](Cc1ccc(-c2ccccc2)cc1)C(N)=O. The van der Waals surface area contributed by atoms with Crippen LogP contribution >= 0.6 is 11.3 Å². The molecule has 0 radical (unpaired) electrons. The van der Waals surface area contributed by atoms with Crippen molar-refractivity contribution in [3.8, 4) is 11.1 Å². The first kappa shape index (κ1) is 26.6. The lowest BCUT2D eigenvalue weighted by Crippen LogP contribution is -2.54. The van der Waals surface area contributed by atoms with Gasteiger partial charge in [0.25, 0.3) is 0 Å². The molecule has 3 rings (SSSR count). The van der Waals surface area contributed by atoms with Gasteiger partial charge in [-0.1, -0.05) is 60.7 Å². The Hall–Kier alpha value is -4.02. The zero-order valence-electron chi connectivity index (χ0n) is 19.4. The highest BCUT2D eigenvalue weighted by Crippen LogP contribution is 2.20. The number of nitrogens with one attached hydrogen (secondary N) is 2. The van der Waals surface area contributed by atoms with Gasteiger partial charge in [0, 0.05) is 17.7 Å². The van der Waals surface area contributed by atoms with Crippen LogP contribution < -0.4 is 22.1 Å². The second-order valence-electron chi connectivity index (χ2n) is 8.26. The molecule has 4 amide bonds. The second kappa shape index (κ2) is 12.6. The Morgan fingerprint density at radius 3 is 2.03 bits per heavy atom. The predicted molar refractivity (Wildman–Crippen MR) is 136 cm³/mol. The maximum atomic E-state index is 13.1. The molecule has 188 valence electrons. The molecular formula is C26H28N4O5S. The normalized spacial score (nSPS) is 13.2. The molecule has 10 heteroatoms. The Labute approximate surface area is 212 Å². The summed E-state index contributed by atoms with van der Waals surface area (Å²) < 4.78 is 0. The Kier molecular flexibility index (Phi) is 9.32. The fourth-order valence-electron chi connectivity index (χ4n) is 3.56. The van der Waals surface area contributed by atoms with Crippen LogP contribution in [0.2, 0.25) is 0 Å². The van der Waals surface area contributed by atoms with Gasteiger partial charge in [-0.05, 0) is 28.1 Å². The van der Waals surface area contributed by atoms with Gasteiger partial charge in [-0.25, -0.2) is 0 Å². The third kappa shape index (κ3) is 7.76. The van der Waals surface area contributed by atoms with Crippen molar-refractivity contribution >= 4 is 35.0 Å². The topological polar surface area (TPSA) is 165 Å². The number of benzene rings is 2. The number of hydrogen-bond acceptors (Lipinski definition) is 6. The van der Waals surface area contributed by atoms with Crippen molar-refractivity contribution in [2.24, 2.45) is 11.5 Å². The lowest BCUT2D eigenvalue weighted by atomic mass is 10.00. The van der Waals surface area contributed by atoms with E-state index in [1.165, 1.54) is 11.3 Å². The van der Waals surface area contributed by atoms with E-state index in [2.05, 4.69) is 10.6 Å². The number of amides is 4. The summed E-state index contributed by atoms with van der Waals surface area (Å²) in [5, 5.41) is 16.6. The van der Waals surface area contributed by atoms with Gasteiger partial charge in [-0.3, -0.25) is 19.2 Å². The maximum absolute atomic E-state index is 13.1. The van der Waals surface area contributed by atoms with Crippen LogP contribution in [0.1, 0.15) is 16.9 Å². The molecule has 3 aromatic rings. The van der Waals surface area contributed by atoms with Crippen LogP contribution in [0.25, 0.3) is 11.1 Å². The molecule has 1 heterocycles. The van der Waals surface area contributed by atoms with Gasteiger partial charge in [-0.2, -0.15) is 0 Å². The molecule has 0 bridgehead atoms. The number of nitrogens with two attached hydrogens (primary N) is 2. The minimum absolute atomic E-state index is 0.152. The molecule has 0 saturated carbocycles. The highest BCUT2D eigenvalue weighted by atomic mass is 32.1. The molecule has 2 aromatic carbocycles. The van der Waals surface area contributed by atoms with E-state index in [0.29, 0.717) is 0 Å². The summed E-state index contributed by atoms with van der Waals surface area (Å²) in [5.74, 6) is -3.11. The van der Waals surface area contributed by atoms with Crippen molar-refractivity contribution in [1.82, 2.24) is 10.6 Å². The van der Waals surface area contributed by atoms with Gasteiger partial charge in [0.1, 0.15) is 18.2 Å². The molecule has 0 saturated heterocycles. The van der Waals surface area contributed by atoms with Crippen LogP contribution in [-0.2, 0) is 32.0 Å². The zero-order valence-corrected chi connectivity index (χ0v) is 20.2. The summed E-state index contributed by atoms with van der Waals surface area (Å²) in [6.07, 6.45) is -1.95. The summed E-state index contributed by atoms with van der Waals surface area (Å²) in [7, 11) is 0. The molecule has 1 aromatic heterocycles. The number of thiophene rings is 1. The van der Waals surface area contributed by atoms with E-state index in [1.807, 2.05) is 60.0 Å². The third-order valence-corrected chi connectivity index (χ3v) is 6.40. The van der Waals surface area contributed by atoms with E-state index >= 15 is 0 Å². The minimum atomic E-state index is -1.67. The molecular weight excluding hydrogens is 480 g/mol. The van der Waals surface area contributed by atoms with E-state index < -0.39 is 48.2 Å². The van der Waals surface area contributed by atoms with Gasteiger partial charge in [0.2, 0.25) is 23.6 Å². The number of hydrogen-bond donors (Lipinski definition) is 5. The van der Waals surface area contributed by atoms with Gasteiger partial charge in [0.05, 0.1) is 6.42 Å². The molecule has 3 atom stereocenters. The highest BCUT2D eigenvalue weighted by molar-refractivity contribution is 7.09. The van der Waals surface area contributed by atoms with Crippen molar-refractivity contribution in [3.05, 3.63) is 82.6 Å². The number of aliphatic hydroxyl groups excluding tert-OH is 1. The summed E-state index contributed by atoms with van der Waals surface area (Å²) in [6.45, 7) is 0. The summed E-state index contributed by atoms with van der Waals surface area (Å²) in [6, 6.07) is 18.9.